The molecule has 1 saturated heterocycles. The standard InChI is InChI=1S/C16H25FN4O/c1-18-16(19-7-10-21-8-3-2-4-9-21)20-12-13-5-6-15(22)14(17)11-13/h5-6,11,22H,2-4,7-10,12H2,1H3,(H2,18,19,20). The summed E-state index contributed by atoms with van der Waals surface area (Å²) < 4.78 is 13.3. The van der Waals surface area contributed by atoms with Gasteiger partial charge in [0.2, 0.25) is 0 Å². The van der Waals surface area contributed by atoms with Crippen LogP contribution in [0.4, 0.5) is 4.39 Å². The molecule has 1 fully saturated rings. The Morgan fingerprint density at radius 3 is 2.73 bits per heavy atom. The first-order valence-corrected chi connectivity index (χ1v) is 7.83. The second kappa shape index (κ2) is 8.58. The third kappa shape index (κ3) is 5.18. The van der Waals surface area contributed by atoms with Crippen LogP contribution < -0.4 is 10.6 Å². The van der Waals surface area contributed by atoms with Crippen molar-refractivity contribution in [2.75, 3.05) is 33.2 Å². The fourth-order valence-corrected chi connectivity index (χ4v) is 2.58. The van der Waals surface area contributed by atoms with Crippen LogP contribution in [0.2, 0.25) is 0 Å². The van der Waals surface area contributed by atoms with Gasteiger partial charge in [0.1, 0.15) is 0 Å². The van der Waals surface area contributed by atoms with Gasteiger partial charge in [-0.3, -0.25) is 4.99 Å². The van der Waals surface area contributed by atoms with Crippen LogP contribution in [0.15, 0.2) is 23.2 Å². The lowest BCUT2D eigenvalue weighted by Gasteiger charge is -2.26. The monoisotopic (exact) mass is 308 g/mol. The largest absolute Gasteiger partial charge is 0.505 e. The van der Waals surface area contributed by atoms with E-state index in [1.807, 2.05) is 0 Å². The molecule has 0 bridgehead atoms. The number of halogens is 1. The molecule has 2 rings (SSSR count). The van der Waals surface area contributed by atoms with E-state index in [9.17, 15) is 9.50 Å². The summed E-state index contributed by atoms with van der Waals surface area (Å²) >= 11 is 0. The Hall–Kier alpha value is -1.82. The topological polar surface area (TPSA) is 59.9 Å². The number of piperidine rings is 1. The number of phenolic OH excluding ortho intramolecular Hbond substituents is 1. The SMILES string of the molecule is CN=C(NCCN1CCCCC1)NCc1ccc(O)c(F)c1. The molecule has 0 amide bonds. The number of guanidine groups is 1. The van der Waals surface area contributed by atoms with Crippen molar-refractivity contribution < 1.29 is 9.50 Å². The number of hydrogen-bond donors (Lipinski definition) is 3. The van der Waals surface area contributed by atoms with Crippen molar-refractivity contribution in [2.45, 2.75) is 25.8 Å². The van der Waals surface area contributed by atoms with Crippen LogP contribution in [0.5, 0.6) is 5.75 Å². The summed E-state index contributed by atoms with van der Waals surface area (Å²) in [5, 5.41) is 15.6. The lowest BCUT2D eigenvalue weighted by atomic mass is 10.1. The van der Waals surface area contributed by atoms with Crippen molar-refractivity contribution in [1.29, 1.82) is 0 Å². The number of nitrogens with zero attached hydrogens (tertiary/aromatic N) is 2. The molecule has 5 nitrogen and oxygen atoms in total. The molecular formula is C16H25FN4O. The van der Waals surface area contributed by atoms with E-state index in [1.165, 1.54) is 44.5 Å². The van der Waals surface area contributed by atoms with Crippen molar-refractivity contribution in [3.8, 4) is 5.75 Å². The number of likely N-dealkylation sites (tertiary alicyclic amines) is 1. The van der Waals surface area contributed by atoms with Gasteiger partial charge in [0, 0.05) is 26.7 Å². The van der Waals surface area contributed by atoms with Crippen LogP contribution in [0, 0.1) is 5.82 Å². The summed E-state index contributed by atoms with van der Waals surface area (Å²) in [6, 6.07) is 4.37. The molecule has 1 aliphatic rings. The maximum absolute atomic E-state index is 13.3. The van der Waals surface area contributed by atoms with E-state index in [-0.39, 0.29) is 5.75 Å². The number of benzene rings is 1. The number of rotatable bonds is 5. The highest BCUT2D eigenvalue weighted by Crippen LogP contribution is 2.15. The first-order chi connectivity index (χ1) is 10.7. The molecule has 1 aromatic carbocycles. The second-order valence-corrected chi connectivity index (χ2v) is 5.54. The highest BCUT2D eigenvalue weighted by molar-refractivity contribution is 5.79. The van der Waals surface area contributed by atoms with Gasteiger partial charge in [0.25, 0.3) is 0 Å². The Morgan fingerprint density at radius 2 is 2.05 bits per heavy atom. The van der Waals surface area contributed by atoms with Gasteiger partial charge in [0.15, 0.2) is 17.5 Å². The Balaban J connectivity index is 1.71. The highest BCUT2D eigenvalue weighted by Gasteiger charge is 2.09. The summed E-state index contributed by atoms with van der Waals surface area (Å²) in [5.74, 6) is -0.231. The zero-order valence-corrected chi connectivity index (χ0v) is 13.1. The van der Waals surface area contributed by atoms with Crippen LogP contribution in [0.25, 0.3) is 0 Å². The van der Waals surface area contributed by atoms with Crippen molar-refractivity contribution in [2.24, 2.45) is 4.99 Å². The molecule has 1 heterocycles. The van der Waals surface area contributed by atoms with E-state index in [0.29, 0.717) is 12.5 Å². The van der Waals surface area contributed by atoms with Gasteiger partial charge >= 0.3 is 0 Å². The molecule has 3 N–H and O–H groups in total. The maximum Gasteiger partial charge on any atom is 0.191 e. The molecule has 1 aliphatic heterocycles. The van der Waals surface area contributed by atoms with Crippen molar-refractivity contribution in [1.82, 2.24) is 15.5 Å². The van der Waals surface area contributed by atoms with E-state index in [1.54, 1.807) is 13.1 Å². The molecule has 6 heteroatoms. The highest BCUT2D eigenvalue weighted by atomic mass is 19.1. The third-order valence-electron chi connectivity index (χ3n) is 3.86. The number of nitrogens with one attached hydrogen (secondary N) is 2. The van der Waals surface area contributed by atoms with Gasteiger partial charge in [-0.1, -0.05) is 12.5 Å². The molecule has 0 saturated carbocycles. The maximum atomic E-state index is 13.3. The van der Waals surface area contributed by atoms with Gasteiger partial charge in [-0.2, -0.15) is 0 Å². The molecule has 1 aromatic rings. The number of aliphatic imine (C=N–C) groups is 1. The number of hydrogen-bond acceptors (Lipinski definition) is 3. The van der Waals surface area contributed by atoms with Crippen LogP contribution >= 0.6 is 0 Å². The molecule has 122 valence electrons. The number of aromatic hydroxyl groups is 1. The Kier molecular flexibility index (Phi) is 6.45. The zero-order valence-electron chi connectivity index (χ0n) is 13.1. The average molecular weight is 308 g/mol. The van der Waals surface area contributed by atoms with E-state index in [0.717, 1.165) is 18.7 Å². The van der Waals surface area contributed by atoms with Crippen LogP contribution in [0.3, 0.4) is 0 Å². The molecular weight excluding hydrogens is 283 g/mol. The lowest BCUT2D eigenvalue weighted by molar-refractivity contribution is 0.232. The van der Waals surface area contributed by atoms with E-state index < -0.39 is 5.82 Å². The van der Waals surface area contributed by atoms with Crippen LogP contribution in [-0.4, -0.2) is 49.2 Å². The predicted molar refractivity (Wildman–Crippen MR) is 86.6 cm³/mol. The minimum Gasteiger partial charge on any atom is -0.505 e. The average Bonchev–Trinajstić information content (AvgIpc) is 2.55. The van der Waals surface area contributed by atoms with Crippen molar-refractivity contribution in [3.05, 3.63) is 29.6 Å². The van der Waals surface area contributed by atoms with Gasteiger partial charge in [-0.25, -0.2) is 4.39 Å². The Bertz CT molecular complexity index is 501. The summed E-state index contributed by atoms with van der Waals surface area (Å²) in [6.07, 6.45) is 3.93. The first kappa shape index (κ1) is 16.5. The molecule has 0 spiro atoms. The molecule has 0 aliphatic carbocycles. The van der Waals surface area contributed by atoms with E-state index >= 15 is 0 Å². The van der Waals surface area contributed by atoms with Crippen molar-refractivity contribution in [3.63, 3.8) is 0 Å². The van der Waals surface area contributed by atoms with Crippen LogP contribution in [0.1, 0.15) is 24.8 Å². The normalized spacial score (nSPS) is 16.5. The predicted octanol–water partition coefficient (Wildman–Crippen LogP) is 1.68. The van der Waals surface area contributed by atoms with Gasteiger partial charge < -0.3 is 20.6 Å². The molecule has 22 heavy (non-hydrogen) atoms. The quantitative estimate of drug-likeness (QED) is 0.572. The summed E-state index contributed by atoms with van der Waals surface area (Å²) in [4.78, 5) is 6.62. The fourth-order valence-electron chi connectivity index (χ4n) is 2.58. The smallest absolute Gasteiger partial charge is 0.191 e. The zero-order chi connectivity index (χ0) is 15.8. The molecule has 0 aromatic heterocycles. The van der Waals surface area contributed by atoms with Gasteiger partial charge in [0.05, 0.1) is 0 Å². The van der Waals surface area contributed by atoms with Crippen LogP contribution in [-0.2, 0) is 6.54 Å². The first-order valence-electron chi connectivity index (χ1n) is 7.83. The minimum atomic E-state index is -0.604. The van der Waals surface area contributed by atoms with E-state index in [4.69, 9.17) is 0 Å². The summed E-state index contributed by atoms with van der Waals surface area (Å²) in [5.41, 5.74) is 0.759. The lowest BCUT2D eigenvalue weighted by Crippen LogP contribution is -2.42. The van der Waals surface area contributed by atoms with Crippen molar-refractivity contribution >= 4 is 5.96 Å². The third-order valence-corrected chi connectivity index (χ3v) is 3.86. The molecule has 0 radical (unpaired) electrons. The molecule has 0 atom stereocenters. The molecule has 0 unspecified atom stereocenters. The Morgan fingerprint density at radius 1 is 1.27 bits per heavy atom. The van der Waals surface area contributed by atoms with Gasteiger partial charge in [-0.05, 0) is 43.6 Å². The van der Waals surface area contributed by atoms with E-state index in [2.05, 4.69) is 20.5 Å². The number of phenols is 1. The summed E-state index contributed by atoms with van der Waals surface area (Å²) in [7, 11) is 1.72. The van der Waals surface area contributed by atoms with Gasteiger partial charge in [-0.15, -0.1) is 0 Å². The second-order valence-electron chi connectivity index (χ2n) is 5.54. The summed E-state index contributed by atoms with van der Waals surface area (Å²) in [6.45, 7) is 4.67. The fraction of sp³-hybridized carbons (Fsp3) is 0.562. The minimum absolute atomic E-state index is 0.326. The Labute approximate surface area is 131 Å².